The van der Waals surface area contributed by atoms with E-state index < -0.39 is 55.0 Å². The lowest BCUT2D eigenvalue weighted by molar-refractivity contribution is -0.142. The topological polar surface area (TPSA) is 171 Å². The van der Waals surface area contributed by atoms with Crippen molar-refractivity contribution in [2.45, 2.75) is 24.5 Å². The van der Waals surface area contributed by atoms with Gasteiger partial charge in [0, 0.05) is 12.2 Å². The zero-order valence-corrected chi connectivity index (χ0v) is 15.9. The Hall–Kier alpha value is -2.63. The summed E-state index contributed by atoms with van der Waals surface area (Å²) in [5.74, 6) is -3.33. The summed E-state index contributed by atoms with van der Waals surface area (Å²) in [6, 6.07) is 5.53. The van der Waals surface area contributed by atoms with E-state index in [0.717, 1.165) is 5.56 Å². The van der Waals surface area contributed by atoms with Crippen molar-refractivity contribution in [3.05, 3.63) is 35.9 Å². The summed E-state index contributed by atoms with van der Waals surface area (Å²) in [6.45, 7) is -1.31. The fraction of sp³-hybridized carbons (Fsp3) is 0.412. The number of carboxylic acids is 1. The van der Waals surface area contributed by atoms with Gasteiger partial charge >= 0.3 is 5.97 Å². The van der Waals surface area contributed by atoms with Gasteiger partial charge in [0.1, 0.15) is 12.1 Å². The van der Waals surface area contributed by atoms with Gasteiger partial charge in [-0.25, -0.2) is 4.79 Å². The Balaban J connectivity index is 2.73. The second-order valence-corrected chi connectivity index (χ2v) is 6.26. The summed E-state index contributed by atoms with van der Waals surface area (Å²) in [4.78, 5) is 47.1. The molecule has 0 heterocycles. The molecule has 0 bridgehead atoms. The van der Waals surface area contributed by atoms with Crippen molar-refractivity contribution in [3.8, 4) is 0 Å². The molecule has 7 N–H and O–H groups in total. The summed E-state index contributed by atoms with van der Waals surface area (Å²) < 4.78 is 0. The van der Waals surface area contributed by atoms with E-state index in [0.29, 0.717) is 0 Å². The van der Waals surface area contributed by atoms with Crippen molar-refractivity contribution < 1.29 is 29.4 Å². The predicted octanol–water partition coefficient (Wildman–Crippen LogP) is -2.35. The molecule has 0 aliphatic rings. The molecule has 1 aromatic rings. The second-order valence-electron chi connectivity index (χ2n) is 5.90. The standard InChI is InChI=1S/C17H24N4O6S/c18-11(9-28)15(24)21-12(6-10-4-2-1-3-5-10)16(25)19-7-14(23)20-13(8-22)17(26)27/h1-5,11-13,22,28H,6-9,18H2,(H,19,25)(H,20,23)(H,21,24)(H,26,27)/t11-,12-,13-/m0/s1. The Kier molecular flexibility index (Phi) is 9.99. The number of aliphatic hydroxyl groups is 1. The zero-order chi connectivity index (χ0) is 21.1. The van der Waals surface area contributed by atoms with Crippen molar-refractivity contribution in [2.75, 3.05) is 18.9 Å². The van der Waals surface area contributed by atoms with Gasteiger partial charge in [-0.1, -0.05) is 30.3 Å². The Bertz CT molecular complexity index is 687. The van der Waals surface area contributed by atoms with Crippen molar-refractivity contribution >= 4 is 36.3 Å². The van der Waals surface area contributed by atoms with Gasteiger partial charge < -0.3 is 31.9 Å². The van der Waals surface area contributed by atoms with Gasteiger partial charge in [-0.05, 0) is 5.56 Å². The number of aliphatic carboxylic acids is 1. The van der Waals surface area contributed by atoms with Crippen LogP contribution in [0.1, 0.15) is 5.56 Å². The third-order valence-corrected chi connectivity index (χ3v) is 4.08. The van der Waals surface area contributed by atoms with Crippen LogP contribution in [0.5, 0.6) is 0 Å². The Labute approximate surface area is 167 Å². The van der Waals surface area contributed by atoms with Crippen LogP contribution in [-0.4, -0.2) is 70.9 Å². The third-order valence-electron chi connectivity index (χ3n) is 3.69. The molecule has 0 aliphatic carbocycles. The van der Waals surface area contributed by atoms with E-state index >= 15 is 0 Å². The van der Waals surface area contributed by atoms with Crippen molar-refractivity contribution in [2.24, 2.45) is 5.73 Å². The summed E-state index contributed by atoms with van der Waals surface area (Å²) in [5, 5.41) is 24.6. The Morgan fingerprint density at radius 1 is 1.04 bits per heavy atom. The molecule has 10 nitrogen and oxygen atoms in total. The minimum absolute atomic E-state index is 0.0889. The quantitative estimate of drug-likeness (QED) is 0.199. The SMILES string of the molecule is N[C@@H](CS)C(=O)N[C@@H](Cc1ccccc1)C(=O)NCC(=O)N[C@@H](CO)C(=O)O. The van der Waals surface area contributed by atoms with Gasteiger partial charge in [0.2, 0.25) is 17.7 Å². The van der Waals surface area contributed by atoms with Crippen LogP contribution in [0.3, 0.4) is 0 Å². The maximum absolute atomic E-state index is 12.5. The van der Waals surface area contributed by atoms with Crippen LogP contribution in [-0.2, 0) is 25.6 Å². The predicted molar refractivity (Wildman–Crippen MR) is 104 cm³/mol. The average molecular weight is 412 g/mol. The molecule has 3 amide bonds. The fourth-order valence-electron chi connectivity index (χ4n) is 2.14. The van der Waals surface area contributed by atoms with Crippen molar-refractivity contribution in [1.82, 2.24) is 16.0 Å². The highest BCUT2D eigenvalue weighted by Gasteiger charge is 2.25. The number of carboxylic acid groups (broad SMARTS) is 1. The minimum Gasteiger partial charge on any atom is -0.480 e. The smallest absolute Gasteiger partial charge is 0.328 e. The summed E-state index contributed by atoms with van der Waals surface area (Å²) >= 11 is 3.95. The number of amides is 3. The average Bonchev–Trinajstić information content (AvgIpc) is 2.69. The van der Waals surface area contributed by atoms with Crippen LogP contribution in [0.2, 0.25) is 0 Å². The molecule has 28 heavy (non-hydrogen) atoms. The van der Waals surface area contributed by atoms with Gasteiger partial charge in [-0.15, -0.1) is 0 Å². The number of nitrogens with two attached hydrogens (primary N) is 1. The number of carbonyl (C=O) groups excluding carboxylic acids is 3. The van der Waals surface area contributed by atoms with Crippen molar-refractivity contribution in [1.29, 1.82) is 0 Å². The lowest BCUT2D eigenvalue weighted by Crippen LogP contribution is -2.54. The van der Waals surface area contributed by atoms with E-state index in [9.17, 15) is 19.2 Å². The van der Waals surface area contributed by atoms with Crippen molar-refractivity contribution in [3.63, 3.8) is 0 Å². The highest BCUT2D eigenvalue weighted by Crippen LogP contribution is 2.04. The number of hydrogen-bond acceptors (Lipinski definition) is 7. The molecule has 0 radical (unpaired) electrons. The minimum atomic E-state index is -1.47. The van der Waals surface area contributed by atoms with E-state index in [1.165, 1.54) is 0 Å². The molecule has 0 aromatic heterocycles. The molecule has 1 rings (SSSR count). The van der Waals surface area contributed by atoms with Gasteiger partial charge in [-0.3, -0.25) is 14.4 Å². The molecular weight excluding hydrogens is 388 g/mol. The zero-order valence-electron chi connectivity index (χ0n) is 15.0. The van der Waals surface area contributed by atoms with Gasteiger partial charge in [-0.2, -0.15) is 12.6 Å². The highest BCUT2D eigenvalue weighted by atomic mass is 32.1. The van der Waals surface area contributed by atoms with Crippen LogP contribution in [0.25, 0.3) is 0 Å². The number of hydrogen-bond donors (Lipinski definition) is 7. The number of aliphatic hydroxyl groups excluding tert-OH is 1. The summed E-state index contributed by atoms with van der Waals surface area (Å²) in [7, 11) is 0. The summed E-state index contributed by atoms with van der Waals surface area (Å²) in [5.41, 5.74) is 6.39. The number of rotatable bonds is 11. The Morgan fingerprint density at radius 2 is 1.68 bits per heavy atom. The number of benzene rings is 1. The van der Waals surface area contributed by atoms with E-state index in [-0.39, 0.29) is 12.2 Å². The molecule has 0 spiro atoms. The third kappa shape index (κ3) is 7.94. The molecule has 0 saturated carbocycles. The maximum Gasteiger partial charge on any atom is 0.328 e. The molecule has 0 unspecified atom stereocenters. The molecule has 0 saturated heterocycles. The van der Waals surface area contributed by atoms with Gasteiger partial charge in [0.15, 0.2) is 0 Å². The number of nitrogens with one attached hydrogen (secondary N) is 3. The molecule has 154 valence electrons. The van der Waals surface area contributed by atoms with Crippen LogP contribution < -0.4 is 21.7 Å². The number of thiol groups is 1. The van der Waals surface area contributed by atoms with Gasteiger partial charge in [0.25, 0.3) is 0 Å². The van der Waals surface area contributed by atoms with Crippen LogP contribution in [0, 0.1) is 0 Å². The highest BCUT2D eigenvalue weighted by molar-refractivity contribution is 7.80. The Morgan fingerprint density at radius 3 is 2.21 bits per heavy atom. The summed E-state index contributed by atoms with van der Waals surface area (Å²) in [6.07, 6.45) is 0.160. The van der Waals surface area contributed by atoms with E-state index in [1.807, 2.05) is 0 Å². The van der Waals surface area contributed by atoms with Crippen LogP contribution in [0.15, 0.2) is 30.3 Å². The first-order valence-corrected chi connectivity index (χ1v) is 9.03. The van der Waals surface area contributed by atoms with E-state index in [4.69, 9.17) is 15.9 Å². The molecule has 3 atom stereocenters. The lowest BCUT2D eigenvalue weighted by Gasteiger charge is -2.20. The molecular formula is C17H24N4O6S. The molecule has 1 aromatic carbocycles. The monoisotopic (exact) mass is 412 g/mol. The van der Waals surface area contributed by atoms with E-state index in [1.54, 1.807) is 30.3 Å². The maximum atomic E-state index is 12.5. The molecule has 0 aliphatic heterocycles. The first kappa shape index (κ1) is 23.4. The first-order valence-electron chi connectivity index (χ1n) is 8.40. The fourth-order valence-corrected chi connectivity index (χ4v) is 2.31. The number of carbonyl (C=O) groups is 4. The van der Waals surface area contributed by atoms with Crippen LogP contribution in [0.4, 0.5) is 0 Å². The largest absolute Gasteiger partial charge is 0.480 e. The normalized spacial score (nSPS) is 13.7. The van der Waals surface area contributed by atoms with Gasteiger partial charge in [0.05, 0.1) is 19.2 Å². The van der Waals surface area contributed by atoms with E-state index in [2.05, 4.69) is 28.6 Å². The molecule has 0 fully saturated rings. The lowest BCUT2D eigenvalue weighted by atomic mass is 10.0. The van der Waals surface area contributed by atoms with Crippen LogP contribution >= 0.6 is 12.6 Å². The second kappa shape index (κ2) is 12.0. The first-order chi connectivity index (χ1) is 13.3. The molecule has 11 heteroatoms.